The standard InChI is InChI=1S/C26H17Cl3F7NO/c1-37(16-5-3-2-4-6-16)13-23(38)17-8-7-14(9-19(17)26(34,35)36)22(30)12-18(25(31,32)33)15-10-20(27)24(29)21(28)11-15/h2-12,18H,13H2,1H3/b22-12-. The highest BCUT2D eigenvalue weighted by Gasteiger charge is 2.41. The highest BCUT2D eigenvalue weighted by atomic mass is 35.5. The molecule has 38 heavy (non-hydrogen) atoms. The predicted molar refractivity (Wildman–Crippen MR) is 135 cm³/mol. The van der Waals surface area contributed by atoms with Crippen LogP contribution in [0, 0.1) is 0 Å². The van der Waals surface area contributed by atoms with Gasteiger partial charge in [-0.15, -0.1) is 0 Å². The van der Waals surface area contributed by atoms with E-state index in [1.165, 1.54) is 11.9 Å². The summed E-state index contributed by atoms with van der Waals surface area (Å²) in [5, 5.41) is -0.852. The first-order chi connectivity index (χ1) is 17.6. The summed E-state index contributed by atoms with van der Waals surface area (Å²) in [7, 11) is 1.50. The molecule has 0 radical (unpaired) electrons. The number of benzene rings is 3. The highest BCUT2D eigenvalue weighted by molar-refractivity contribution is 6.48. The van der Waals surface area contributed by atoms with Crippen molar-refractivity contribution in [1.82, 2.24) is 0 Å². The number of ketones is 1. The van der Waals surface area contributed by atoms with Gasteiger partial charge in [-0.1, -0.05) is 65.1 Å². The van der Waals surface area contributed by atoms with E-state index in [-0.39, 0.29) is 21.1 Å². The number of nitrogens with zero attached hydrogens (tertiary/aromatic N) is 1. The molecule has 0 spiro atoms. The Hall–Kier alpha value is -2.75. The molecule has 3 aromatic carbocycles. The summed E-state index contributed by atoms with van der Waals surface area (Å²) in [6, 6.07) is 11.9. The summed E-state index contributed by atoms with van der Waals surface area (Å²) >= 11 is 17.4. The van der Waals surface area contributed by atoms with Crippen LogP contribution in [0.3, 0.4) is 0 Å². The second-order valence-corrected chi connectivity index (χ2v) is 9.40. The van der Waals surface area contributed by atoms with Gasteiger partial charge >= 0.3 is 12.4 Å². The lowest BCUT2D eigenvalue weighted by Gasteiger charge is -2.20. The van der Waals surface area contributed by atoms with Crippen LogP contribution in [0.15, 0.2) is 66.7 Å². The minimum atomic E-state index is -5.09. The third-order valence-corrected chi connectivity index (χ3v) is 6.71. The lowest BCUT2D eigenvalue weighted by molar-refractivity contribution is -0.140. The summed E-state index contributed by atoms with van der Waals surface area (Å²) in [6.45, 7) is -0.432. The SMILES string of the molecule is CN(CC(=O)c1ccc(/C(F)=C/C(c2cc(Cl)c(Cl)c(Cl)c2)C(F)(F)F)cc1C(F)(F)F)c1ccccc1. The Balaban J connectivity index is 2.01. The second kappa shape index (κ2) is 11.6. The van der Waals surface area contributed by atoms with Crippen LogP contribution >= 0.6 is 34.8 Å². The van der Waals surface area contributed by atoms with Gasteiger partial charge in [-0.05, 0) is 42.0 Å². The van der Waals surface area contributed by atoms with Crippen molar-refractivity contribution in [3.05, 3.63) is 104 Å². The third-order valence-electron chi connectivity index (χ3n) is 5.51. The van der Waals surface area contributed by atoms with Gasteiger partial charge in [0.25, 0.3) is 0 Å². The van der Waals surface area contributed by atoms with Crippen molar-refractivity contribution < 1.29 is 35.5 Å². The van der Waals surface area contributed by atoms with Crippen molar-refractivity contribution in [2.75, 3.05) is 18.5 Å². The van der Waals surface area contributed by atoms with E-state index in [4.69, 9.17) is 34.8 Å². The zero-order chi connectivity index (χ0) is 28.4. The van der Waals surface area contributed by atoms with Crippen LogP contribution < -0.4 is 4.90 Å². The monoisotopic (exact) mass is 597 g/mol. The van der Waals surface area contributed by atoms with E-state index in [0.29, 0.717) is 11.8 Å². The van der Waals surface area contributed by atoms with Crippen molar-refractivity contribution in [3.63, 3.8) is 0 Å². The number of halogens is 10. The molecule has 0 bridgehead atoms. The molecule has 2 nitrogen and oxygen atoms in total. The average Bonchev–Trinajstić information content (AvgIpc) is 2.84. The zero-order valence-corrected chi connectivity index (χ0v) is 21.5. The number of carbonyl (C=O) groups is 1. The molecule has 0 saturated carbocycles. The maximum Gasteiger partial charge on any atom is 0.417 e. The number of allylic oxidation sites excluding steroid dienone is 1. The first-order valence-electron chi connectivity index (χ1n) is 10.7. The fourth-order valence-electron chi connectivity index (χ4n) is 3.62. The van der Waals surface area contributed by atoms with E-state index >= 15 is 4.39 Å². The minimum Gasteiger partial charge on any atom is -0.367 e. The van der Waals surface area contributed by atoms with Gasteiger partial charge in [0.1, 0.15) is 11.7 Å². The van der Waals surface area contributed by atoms with Gasteiger partial charge in [0.05, 0.1) is 27.2 Å². The van der Waals surface area contributed by atoms with Gasteiger partial charge in [0, 0.05) is 23.9 Å². The molecule has 0 N–H and O–H groups in total. The van der Waals surface area contributed by atoms with Crippen LogP contribution in [0.1, 0.15) is 33.0 Å². The van der Waals surface area contributed by atoms with Gasteiger partial charge in [0.15, 0.2) is 5.78 Å². The van der Waals surface area contributed by atoms with Crippen LogP contribution in [0.4, 0.5) is 36.4 Å². The third kappa shape index (κ3) is 7.01. The van der Waals surface area contributed by atoms with E-state index in [2.05, 4.69) is 0 Å². The summed E-state index contributed by atoms with van der Waals surface area (Å²) in [4.78, 5) is 14.2. The molecular formula is C26H17Cl3F7NO. The van der Waals surface area contributed by atoms with Crippen molar-refractivity contribution in [2.45, 2.75) is 18.3 Å². The van der Waals surface area contributed by atoms with Gasteiger partial charge in [-0.3, -0.25) is 4.79 Å². The van der Waals surface area contributed by atoms with Crippen LogP contribution in [0.2, 0.25) is 15.1 Å². The zero-order valence-electron chi connectivity index (χ0n) is 19.3. The van der Waals surface area contributed by atoms with Gasteiger partial charge in [0.2, 0.25) is 0 Å². The number of alkyl halides is 6. The summed E-state index contributed by atoms with van der Waals surface area (Å²) in [5.41, 5.74) is -3.03. The molecule has 3 rings (SSSR count). The first kappa shape index (κ1) is 29.8. The van der Waals surface area contributed by atoms with Crippen LogP contribution in [-0.4, -0.2) is 25.6 Å². The Kier molecular flexibility index (Phi) is 9.06. The molecule has 202 valence electrons. The maximum absolute atomic E-state index is 15.0. The average molecular weight is 599 g/mol. The molecule has 0 amide bonds. The number of carbonyl (C=O) groups excluding carboxylic acids is 1. The molecule has 0 saturated heterocycles. The van der Waals surface area contributed by atoms with Crippen LogP contribution in [0.25, 0.3) is 5.83 Å². The smallest absolute Gasteiger partial charge is 0.367 e. The number of likely N-dealkylation sites (N-methyl/N-ethyl adjacent to an activating group) is 1. The topological polar surface area (TPSA) is 20.3 Å². The minimum absolute atomic E-state index is 0.107. The quantitative estimate of drug-likeness (QED) is 0.153. The Morgan fingerprint density at radius 3 is 2.03 bits per heavy atom. The lowest BCUT2D eigenvalue weighted by atomic mass is 9.95. The fraction of sp³-hybridized carbons (Fsp3) is 0.192. The maximum atomic E-state index is 15.0. The Labute approximate surface area is 228 Å². The second-order valence-electron chi connectivity index (χ2n) is 8.21. The van der Waals surface area contributed by atoms with E-state index in [9.17, 15) is 31.1 Å². The molecule has 12 heteroatoms. The number of rotatable bonds is 7. The number of para-hydroxylation sites is 1. The molecule has 0 fully saturated rings. The number of Topliss-reactive ketones (excluding diaryl/α,β-unsaturated/α-hetero) is 1. The van der Waals surface area contributed by atoms with Crippen LogP contribution in [0.5, 0.6) is 0 Å². The molecular weight excluding hydrogens is 582 g/mol. The molecule has 1 unspecified atom stereocenters. The van der Waals surface area contributed by atoms with E-state index < -0.39 is 58.7 Å². The van der Waals surface area contributed by atoms with Crippen LogP contribution in [-0.2, 0) is 6.18 Å². The predicted octanol–water partition coefficient (Wildman–Crippen LogP) is 9.64. The molecule has 1 atom stereocenters. The van der Waals surface area contributed by atoms with Gasteiger partial charge in [-0.25, -0.2) is 4.39 Å². The summed E-state index contributed by atoms with van der Waals surface area (Å²) in [6.07, 6.45) is -10.0. The number of anilines is 1. The van der Waals surface area contributed by atoms with E-state index in [1.807, 2.05) is 0 Å². The molecule has 0 aliphatic rings. The van der Waals surface area contributed by atoms with Crippen molar-refractivity contribution >= 4 is 52.1 Å². The van der Waals surface area contributed by atoms with E-state index in [0.717, 1.165) is 24.3 Å². The summed E-state index contributed by atoms with van der Waals surface area (Å²) in [5.74, 6) is -5.12. The lowest BCUT2D eigenvalue weighted by Crippen LogP contribution is -2.27. The molecule has 0 aliphatic heterocycles. The molecule has 3 aromatic rings. The first-order valence-corrected chi connectivity index (χ1v) is 11.8. The van der Waals surface area contributed by atoms with Crippen molar-refractivity contribution in [2.24, 2.45) is 0 Å². The number of hydrogen-bond acceptors (Lipinski definition) is 2. The number of hydrogen-bond donors (Lipinski definition) is 0. The molecule has 0 heterocycles. The normalized spacial score (nSPS) is 13.4. The Bertz CT molecular complexity index is 1330. The van der Waals surface area contributed by atoms with E-state index in [1.54, 1.807) is 30.3 Å². The fourth-order valence-corrected chi connectivity index (χ4v) is 4.23. The summed E-state index contributed by atoms with van der Waals surface area (Å²) < 4.78 is 97.9. The van der Waals surface area contributed by atoms with Crippen molar-refractivity contribution in [3.8, 4) is 0 Å². The van der Waals surface area contributed by atoms with Gasteiger partial charge in [-0.2, -0.15) is 26.3 Å². The van der Waals surface area contributed by atoms with Gasteiger partial charge < -0.3 is 4.90 Å². The largest absolute Gasteiger partial charge is 0.417 e. The molecule has 0 aliphatic carbocycles. The van der Waals surface area contributed by atoms with Crippen molar-refractivity contribution in [1.29, 1.82) is 0 Å². The molecule has 0 aromatic heterocycles. The Morgan fingerprint density at radius 1 is 0.921 bits per heavy atom. The Morgan fingerprint density at radius 2 is 1.50 bits per heavy atom. The highest BCUT2D eigenvalue weighted by Crippen LogP contribution is 2.43.